The van der Waals surface area contributed by atoms with Gasteiger partial charge in [0.25, 0.3) is 5.91 Å². The summed E-state index contributed by atoms with van der Waals surface area (Å²) in [6, 6.07) is 14.9. The molecule has 2 aromatic rings. The van der Waals surface area contributed by atoms with Gasteiger partial charge >= 0.3 is 12.1 Å². The summed E-state index contributed by atoms with van der Waals surface area (Å²) in [5, 5.41) is 10.4. The van der Waals surface area contributed by atoms with Gasteiger partial charge in [0.2, 0.25) is 5.91 Å². The van der Waals surface area contributed by atoms with E-state index < -0.39 is 12.1 Å². The first-order chi connectivity index (χ1) is 17.0. The molecular weight excluding hydrogens is 547 g/mol. The van der Waals surface area contributed by atoms with Crippen molar-refractivity contribution < 1.29 is 37.4 Å². The van der Waals surface area contributed by atoms with Gasteiger partial charge in [-0.25, -0.2) is 4.79 Å². The normalized spacial score (nSPS) is 13.3. The fraction of sp³-hybridized carbons (Fsp3) is 0.375. The van der Waals surface area contributed by atoms with Crippen LogP contribution in [-0.4, -0.2) is 78.2 Å². The largest absolute Gasteiger partial charge is 0.494 e. The van der Waals surface area contributed by atoms with Crippen molar-refractivity contribution in [3.63, 3.8) is 0 Å². The number of carboxylic acids is 1. The molecule has 1 aliphatic heterocycles. The van der Waals surface area contributed by atoms with Crippen LogP contribution in [0.2, 0.25) is 0 Å². The van der Waals surface area contributed by atoms with Crippen LogP contribution in [0.25, 0.3) is 0 Å². The SMILES string of the molecule is CCOc1cccc(CN(CC(=O)N2CCNCC2)C(=O)c2ccc(Br)cc2)c1.O=C(O)C(F)(F)F. The first-order valence-corrected chi connectivity index (χ1v) is 11.9. The Hall–Kier alpha value is -3.12. The molecule has 1 fully saturated rings. The zero-order valence-electron chi connectivity index (χ0n) is 19.6. The molecule has 2 amide bonds. The highest BCUT2D eigenvalue weighted by molar-refractivity contribution is 9.10. The van der Waals surface area contributed by atoms with Gasteiger partial charge in [-0.3, -0.25) is 9.59 Å². The van der Waals surface area contributed by atoms with Gasteiger partial charge in [-0.1, -0.05) is 28.1 Å². The van der Waals surface area contributed by atoms with Crippen molar-refractivity contribution in [2.24, 2.45) is 0 Å². The number of carbonyl (C=O) groups excluding carboxylic acids is 2. The summed E-state index contributed by atoms with van der Waals surface area (Å²) in [6.07, 6.45) is -5.08. The number of hydrogen-bond acceptors (Lipinski definition) is 5. The number of alkyl halides is 3. The number of halogens is 4. The van der Waals surface area contributed by atoms with Gasteiger partial charge in [-0.05, 0) is 48.9 Å². The maximum Gasteiger partial charge on any atom is 0.490 e. The first kappa shape index (κ1) is 29.1. The number of nitrogens with zero attached hydrogens (tertiary/aromatic N) is 2. The number of carbonyl (C=O) groups is 3. The Balaban J connectivity index is 0.000000572. The van der Waals surface area contributed by atoms with E-state index in [1.165, 1.54) is 0 Å². The summed E-state index contributed by atoms with van der Waals surface area (Å²) in [6.45, 7) is 5.79. The monoisotopic (exact) mass is 573 g/mol. The lowest BCUT2D eigenvalue weighted by Crippen LogP contribution is -2.50. The minimum absolute atomic E-state index is 0.0297. The Morgan fingerprint density at radius 3 is 2.28 bits per heavy atom. The van der Waals surface area contributed by atoms with Crippen LogP contribution in [-0.2, 0) is 16.1 Å². The number of piperazine rings is 1. The molecule has 0 spiro atoms. The molecule has 0 saturated carbocycles. The van der Waals surface area contributed by atoms with Crippen molar-refractivity contribution in [2.75, 3.05) is 39.3 Å². The van der Waals surface area contributed by atoms with Crippen molar-refractivity contribution in [2.45, 2.75) is 19.6 Å². The highest BCUT2D eigenvalue weighted by atomic mass is 79.9. The molecular formula is C24H27BrF3N3O5. The number of benzene rings is 2. The van der Waals surface area contributed by atoms with Gasteiger partial charge in [0, 0.05) is 42.8 Å². The fourth-order valence-corrected chi connectivity index (χ4v) is 3.54. The summed E-state index contributed by atoms with van der Waals surface area (Å²) in [5.74, 6) is -2.19. The Bertz CT molecular complexity index is 1030. The molecule has 0 aliphatic carbocycles. The van der Waals surface area contributed by atoms with Crippen molar-refractivity contribution in [3.8, 4) is 5.75 Å². The number of nitrogens with one attached hydrogen (secondary N) is 1. The molecule has 12 heteroatoms. The Kier molecular flexibility index (Phi) is 11.2. The third-order valence-electron chi connectivity index (χ3n) is 5.00. The van der Waals surface area contributed by atoms with Crippen LogP contribution >= 0.6 is 15.9 Å². The average Bonchev–Trinajstić information content (AvgIpc) is 2.84. The summed E-state index contributed by atoms with van der Waals surface area (Å²) >= 11 is 3.39. The minimum atomic E-state index is -5.08. The molecule has 0 unspecified atom stereocenters. The summed E-state index contributed by atoms with van der Waals surface area (Å²) in [5.41, 5.74) is 1.48. The molecule has 0 aromatic heterocycles. The van der Waals surface area contributed by atoms with E-state index in [9.17, 15) is 22.8 Å². The number of amides is 2. The van der Waals surface area contributed by atoms with Gasteiger partial charge in [0.1, 0.15) is 12.3 Å². The van der Waals surface area contributed by atoms with E-state index in [4.69, 9.17) is 14.6 Å². The van der Waals surface area contributed by atoms with Crippen molar-refractivity contribution >= 4 is 33.7 Å². The number of carboxylic acid groups (broad SMARTS) is 1. The second-order valence-corrected chi connectivity index (χ2v) is 8.60. The van der Waals surface area contributed by atoms with Gasteiger partial charge in [-0.2, -0.15) is 13.2 Å². The molecule has 1 saturated heterocycles. The van der Waals surface area contributed by atoms with Crippen LogP contribution in [0.1, 0.15) is 22.8 Å². The molecule has 2 N–H and O–H groups in total. The predicted octanol–water partition coefficient (Wildman–Crippen LogP) is 3.56. The van der Waals surface area contributed by atoms with Crippen LogP contribution in [0.4, 0.5) is 13.2 Å². The van der Waals surface area contributed by atoms with Gasteiger partial charge < -0.3 is 25.0 Å². The van der Waals surface area contributed by atoms with E-state index >= 15 is 0 Å². The van der Waals surface area contributed by atoms with Gasteiger partial charge in [-0.15, -0.1) is 0 Å². The highest BCUT2D eigenvalue weighted by Crippen LogP contribution is 2.18. The molecule has 0 bridgehead atoms. The molecule has 0 radical (unpaired) electrons. The standard InChI is InChI=1S/C22H26BrN3O3.C2HF3O2/c1-2-29-20-5-3-4-17(14-20)15-26(16-21(27)25-12-10-24-11-13-25)22(28)18-6-8-19(23)9-7-18;3-2(4,5)1(6)7/h3-9,14,24H,2,10-13,15-16H2,1H3;(H,6,7). The van der Waals surface area contributed by atoms with Crippen LogP contribution in [0.3, 0.4) is 0 Å². The first-order valence-electron chi connectivity index (χ1n) is 11.1. The van der Waals surface area contributed by atoms with Crippen LogP contribution < -0.4 is 10.1 Å². The van der Waals surface area contributed by atoms with E-state index in [0.717, 1.165) is 28.9 Å². The molecule has 8 nitrogen and oxygen atoms in total. The summed E-state index contributed by atoms with van der Waals surface area (Å²) < 4.78 is 38.2. The van der Waals surface area contributed by atoms with E-state index in [1.54, 1.807) is 17.0 Å². The van der Waals surface area contributed by atoms with Crippen molar-refractivity contribution in [1.82, 2.24) is 15.1 Å². The molecule has 1 aliphatic rings. The zero-order valence-corrected chi connectivity index (χ0v) is 21.1. The highest BCUT2D eigenvalue weighted by Gasteiger charge is 2.38. The number of rotatable bonds is 7. The fourth-order valence-electron chi connectivity index (χ4n) is 3.27. The maximum absolute atomic E-state index is 13.2. The smallest absolute Gasteiger partial charge is 0.490 e. The second kappa shape index (κ2) is 13.8. The Morgan fingerprint density at radius 2 is 1.72 bits per heavy atom. The lowest BCUT2D eigenvalue weighted by atomic mass is 10.1. The average molecular weight is 574 g/mol. The molecule has 36 heavy (non-hydrogen) atoms. The predicted molar refractivity (Wildman–Crippen MR) is 130 cm³/mol. The number of aliphatic carboxylic acids is 1. The van der Waals surface area contributed by atoms with Gasteiger partial charge in [0.05, 0.1) is 6.61 Å². The third-order valence-corrected chi connectivity index (χ3v) is 5.53. The number of ether oxygens (including phenoxy) is 1. The topological polar surface area (TPSA) is 99.2 Å². The third kappa shape index (κ3) is 9.50. The Morgan fingerprint density at radius 1 is 1.11 bits per heavy atom. The summed E-state index contributed by atoms with van der Waals surface area (Å²) in [7, 11) is 0. The van der Waals surface area contributed by atoms with E-state index in [1.807, 2.05) is 48.2 Å². The van der Waals surface area contributed by atoms with E-state index in [0.29, 0.717) is 31.8 Å². The second-order valence-electron chi connectivity index (χ2n) is 7.68. The minimum Gasteiger partial charge on any atom is -0.494 e. The molecule has 0 atom stereocenters. The van der Waals surface area contributed by atoms with Crippen LogP contribution in [0, 0.1) is 0 Å². The quantitative estimate of drug-likeness (QED) is 0.525. The lowest BCUT2D eigenvalue weighted by molar-refractivity contribution is -0.192. The number of hydrogen-bond donors (Lipinski definition) is 2. The molecule has 196 valence electrons. The van der Waals surface area contributed by atoms with Gasteiger partial charge in [0.15, 0.2) is 0 Å². The van der Waals surface area contributed by atoms with Crippen molar-refractivity contribution in [3.05, 3.63) is 64.1 Å². The lowest BCUT2D eigenvalue weighted by Gasteiger charge is -2.30. The Labute approximate surface area is 215 Å². The van der Waals surface area contributed by atoms with Crippen LogP contribution in [0.15, 0.2) is 53.0 Å². The summed E-state index contributed by atoms with van der Waals surface area (Å²) in [4.78, 5) is 38.3. The van der Waals surface area contributed by atoms with E-state index in [-0.39, 0.29) is 18.4 Å². The van der Waals surface area contributed by atoms with Crippen LogP contribution in [0.5, 0.6) is 5.75 Å². The van der Waals surface area contributed by atoms with E-state index in [2.05, 4.69) is 21.2 Å². The molecule has 1 heterocycles. The van der Waals surface area contributed by atoms with Crippen molar-refractivity contribution in [1.29, 1.82) is 0 Å². The zero-order chi connectivity index (χ0) is 26.7. The molecule has 3 rings (SSSR count). The molecule has 2 aromatic carbocycles. The maximum atomic E-state index is 13.2.